The van der Waals surface area contributed by atoms with E-state index in [0.29, 0.717) is 5.56 Å². The molecular formula is C9H12N2O5S2. The van der Waals surface area contributed by atoms with Gasteiger partial charge < -0.3 is 10.8 Å². The van der Waals surface area contributed by atoms with Crippen molar-refractivity contribution in [3.8, 4) is 0 Å². The van der Waals surface area contributed by atoms with Crippen LogP contribution in [-0.4, -0.2) is 31.9 Å². The van der Waals surface area contributed by atoms with Crippen LogP contribution in [-0.2, 0) is 14.8 Å². The molecule has 0 unspecified atom stereocenters. The van der Waals surface area contributed by atoms with Crippen molar-refractivity contribution in [1.29, 1.82) is 0 Å². The van der Waals surface area contributed by atoms with Crippen LogP contribution in [0.1, 0.15) is 21.7 Å². The van der Waals surface area contributed by atoms with Crippen LogP contribution >= 0.6 is 11.3 Å². The van der Waals surface area contributed by atoms with Crippen LogP contribution in [0.3, 0.4) is 0 Å². The lowest BCUT2D eigenvalue weighted by atomic mass is 10.3. The number of carbonyl (C=O) groups is 2. The molecule has 0 radical (unpaired) electrons. The maximum Gasteiger partial charge on any atom is 0.347 e. The zero-order valence-corrected chi connectivity index (χ0v) is 11.1. The number of hydrogen-bond acceptors (Lipinski definition) is 5. The third kappa shape index (κ3) is 3.28. The fourth-order valence-corrected chi connectivity index (χ4v) is 3.95. The molecule has 0 aliphatic carbocycles. The lowest BCUT2D eigenvalue weighted by Crippen LogP contribution is -2.29. The summed E-state index contributed by atoms with van der Waals surface area (Å²) >= 11 is 0.841. The van der Waals surface area contributed by atoms with Gasteiger partial charge in [-0.05, 0) is 17.9 Å². The summed E-state index contributed by atoms with van der Waals surface area (Å²) in [6, 6.07) is 0. The molecule has 0 aliphatic rings. The summed E-state index contributed by atoms with van der Waals surface area (Å²) in [6.07, 6.45) is -0.148. The lowest BCUT2D eigenvalue weighted by Gasteiger charge is -2.06. The minimum absolute atomic E-state index is 0.148. The molecule has 1 rings (SSSR count). The predicted octanol–water partition coefficient (Wildman–Crippen LogP) is -0.0916. The molecule has 4 N–H and O–H groups in total. The molecule has 1 amide bonds. The Balaban J connectivity index is 3.01. The zero-order chi connectivity index (χ0) is 13.9. The molecule has 100 valence electrons. The van der Waals surface area contributed by atoms with Crippen molar-refractivity contribution in [3.05, 3.63) is 15.8 Å². The largest absolute Gasteiger partial charge is 0.477 e. The molecule has 0 spiro atoms. The van der Waals surface area contributed by atoms with E-state index in [4.69, 9.17) is 10.8 Å². The maximum atomic E-state index is 11.9. The van der Waals surface area contributed by atoms with Crippen molar-refractivity contribution < 1.29 is 23.1 Å². The van der Waals surface area contributed by atoms with Crippen LogP contribution in [0.25, 0.3) is 0 Å². The number of aromatic carboxylic acids is 1. The standard InChI is InChI=1S/C9H12N2O5S2/c1-5-4-17-7(9(13)14)8(5)18(15,16)11-3-2-6(10)12/h4,11H,2-3H2,1H3,(H2,10,12)(H,13,14). The Hall–Kier alpha value is -1.45. The second-order valence-corrected chi connectivity index (χ2v) is 6.08. The summed E-state index contributed by atoms with van der Waals surface area (Å²) in [6.45, 7) is 1.34. The van der Waals surface area contributed by atoms with Crippen molar-refractivity contribution in [3.63, 3.8) is 0 Å². The molecule has 0 saturated heterocycles. The number of amides is 1. The second kappa shape index (κ2) is 5.46. The number of sulfonamides is 1. The Bertz CT molecular complexity index is 576. The summed E-state index contributed by atoms with van der Waals surface area (Å²) in [5.74, 6) is -1.94. The van der Waals surface area contributed by atoms with Crippen molar-refractivity contribution in [2.75, 3.05) is 6.54 Å². The van der Waals surface area contributed by atoms with E-state index in [1.54, 1.807) is 0 Å². The molecule has 1 heterocycles. The molecule has 0 saturated carbocycles. The van der Waals surface area contributed by atoms with E-state index < -0.39 is 21.9 Å². The summed E-state index contributed by atoms with van der Waals surface area (Å²) in [7, 11) is -3.95. The van der Waals surface area contributed by atoms with Crippen molar-refractivity contribution in [2.45, 2.75) is 18.2 Å². The summed E-state index contributed by atoms with van der Waals surface area (Å²) in [5, 5.41) is 10.4. The number of primary amides is 1. The molecule has 0 atom stereocenters. The highest BCUT2D eigenvalue weighted by Gasteiger charge is 2.26. The first kappa shape index (κ1) is 14.6. The SMILES string of the molecule is Cc1csc(C(=O)O)c1S(=O)(=O)NCCC(N)=O. The van der Waals surface area contributed by atoms with E-state index in [2.05, 4.69) is 4.72 Å². The second-order valence-electron chi connectivity index (χ2n) is 3.50. The fraction of sp³-hybridized carbons (Fsp3) is 0.333. The molecule has 9 heteroatoms. The number of aryl methyl sites for hydroxylation is 1. The highest BCUT2D eigenvalue weighted by atomic mass is 32.2. The third-order valence-corrected chi connectivity index (χ3v) is 4.91. The maximum absolute atomic E-state index is 11.9. The first-order valence-electron chi connectivity index (χ1n) is 4.85. The van der Waals surface area contributed by atoms with Gasteiger partial charge in [-0.15, -0.1) is 11.3 Å². The molecule has 0 aromatic carbocycles. The van der Waals surface area contributed by atoms with Crippen molar-refractivity contribution in [1.82, 2.24) is 4.72 Å². The zero-order valence-electron chi connectivity index (χ0n) is 9.47. The molecule has 0 aliphatic heterocycles. The van der Waals surface area contributed by atoms with E-state index in [0.717, 1.165) is 11.3 Å². The van der Waals surface area contributed by atoms with Crippen LogP contribution < -0.4 is 10.5 Å². The van der Waals surface area contributed by atoms with Gasteiger partial charge in [0.1, 0.15) is 9.77 Å². The van der Waals surface area contributed by atoms with Gasteiger partial charge in [-0.1, -0.05) is 0 Å². The number of carbonyl (C=O) groups excluding carboxylic acids is 1. The van der Waals surface area contributed by atoms with Gasteiger partial charge in [0.2, 0.25) is 15.9 Å². The number of nitrogens with two attached hydrogens (primary N) is 1. The lowest BCUT2D eigenvalue weighted by molar-refractivity contribution is -0.117. The number of hydrogen-bond donors (Lipinski definition) is 3. The van der Waals surface area contributed by atoms with E-state index in [9.17, 15) is 18.0 Å². The van der Waals surface area contributed by atoms with Gasteiger partial charge in [-0.2, -0.15) is 0 Å². The summed E-state index contributed by atoms with van der Waals surface area (Å²) in [4.78, 5) is 20.9. The third-order valence-electron chi connectivity index (χ3n) is 2.04. The monoisotopic (exact) mass is 292 g/mol. The summed E-state index contributed by atoms with van der Waals surface area (Å²) in [5.41, 5.74) is 5.23. The minimum atomic E-state index is -3.95. The number of nitrogens with one attached hydrogen (secondary N) is 1. The molecule has 18 heavy (non-hydrogen) atoms. The van der Waals surface area contributed by atoms with Crippen LogP contribution in [0.2, 0.25) is 0 Å². The number of thiophene rings is 1. The Morgan fingerprint density at radius 3 is 2.61 bits per heavy atom. The highest BCUT2D eigenvalue weighted by molar-refractivity contribution is 7.89. The minimum Gasteiger partial charge on any atom is -0.477 e. The smallest absolute Gasteiger partial charge is 0.347 e. The first-order chi connectivity index (χ1) is 8.25. The van der Waals surface area contributed by atoms with Crippen molar-refractivity contribution >= 4 is 33.2 Å². The van der Waals surface area contributed by atoms with Gasteiger partial charge >= 0.3 is 5.97 Å². The normalized spacial score (nSPS) is 11.4. The number of rotatable bonds is 6. The molecule has 7 nitrogen and oxygen atoms in total. The van der Waals surface area contributed by atoms with Gasteiger partial charge in [0.25, 0.3) is 0 Å². The first-order valence-corrected chi connectivity index (χ1v) is 7.21. The Morgan fingerprint density at radius 1 is 1.50 bits per heavy atom. The van der Waals surface area contributed by atoms with Crippen LogP contribution in [0.4, 0.5) is 0 Å². The molecule has 1 aromatic heterocycles. The molecule has 0 fully saturated rings. The highest BCUT2D eigenvalue weighted by Crippen LogP contribution is 2.26. The van der Waals surface area contributed by atoms with Crippen LogP contribution in [0.15, 0.2) is 10.3 Å². The Morgan fingerprint density at radius 2 is 2.11 bits per heavy atom. The van der Waals surface area contributed by atoms with Crippen LogP contribution in [0, 0.1) is 6.92 Å². The topological polar surface area (TPSA) is 127 Å². The van der Waals surface area contributed by atoms with Gasteiger partial charge in [-0.3, -0.25) is 4.79 Å². The van der Waals surface area contributed by atoms with Gasteiger partial charge in [-0.25, -0.2) is 17.9 Å². The van der Waals surface area contributed by atoms with Crippen LogP contribution in [0.5, 0.6) is 0 Å². The van der Waals surface area contributed by atoms with E-state index in [-0.39, 0.29) is 22.7 Å². The summed E-state index contributed by atoms with van der Waals surface area (Å²) < 4.78 is 25.9. The number of carboxylic acids is 1. The average molecular weight is 292 g/mol. The van der Waals surface area contributed by atoms with Gasteiger partial charge in [0.15, 0.2) is 0 Å². The van der Waals surface area contributed by atoms with Crippen molar-refractivity contribution in [2.24, 2.45) is 5.73 Å². The van der Waals surface area contributed by atoms with E-state index in [1.165, 1.54) is 12.3 Å². The number of carboxylic acid groups (broad SMARTS) is 1. The van der Waals surface area contributed by atoms with E-state index in [1.807, 2.05) is 0 Å². The predicted molar refractivity (Wildman–Crippen MR) is 65.0 cm³/mol. The molecule has 0 bridgehead atoms. The van der Waals surface area contributed by atoms with Gasteiger partial charge in [0, 0.05) is 13.0 Å². The van der Waals surface area contributed by atoms with E-state index >= 15 is 0 Å². The Kier molecular flexibility index (Phi) is 4.43. The van der Waals surface area contributed by atoms with Gasteiger partial charge in [0.05, 0.1) is 0 Å². The molecular weight excluding hydrogens is 280 g/mol. The quantitative estimate of drug-likeness (QED) is 0.675. The average Bonchev–Trinajstić information content (AvgIpc) is 2.59. The fourth-order valence-electron chi connectivity index (χ4n) is 1.30. The Labute approximate surface area is 108 Å². The molecule has 1 aromatic rings.